The Labute approximate surface area is 108 Å². The summed E-state index contributed by atoms with van der Waals surface area (Å²) in [6.07, 6.45) is 3.82. The lowest BCUT2D eigenvalue weighted by molar-refractivity contribution is -0.125. The van der Waals surface area contributed by atoms with Crippen molar-refractivity contribution in [3.63, 3.8) is 0 Å². The fourth-order valence-corrected chi connectivity index (χ4v) is 2.30. The normalized spacial score (nSPS) is 18.2. The molecule has 18 heavy (non-hydrogen) atoms. The largest absolute Gasteiger partial charge is 0.346 e. The van der Waals surface area contributed by atoms with E-state index < -0.39 is 0 Å². The Morgan fingerprint density at radius 1 is 1.39 bits per heavy atom. The Hall–Kier alpha value is -1.38. The molecule has 0 bridgehead atoms. The van der Waals surface area contributed by atoms with E-state index in [-0.39, 0.29) is 23.2 Å². The Kier molecular flexibility index (Phi) is 3.69. The van der Waals surface area contributed by atoms with E-state index in [0.29, 0.717) is 0 Å². The number of carbonyl (C=O) groups is 1. The summed E-state index contributed by atoms with van der Waals surface area (Å²) in [4.78, 5) is 12.0. The summed E-state index contributed by atoms with van der Waals surface area (Å²) in [6, 6.07) is 6.45. The van der Waals surface area contributed by atoms with E-state index in [2.05, 4.69) is 12.2 Å². The van der Waals surface area contributed by atoms with Crippen LogP contribution < -0.4 is 5.32 Å². The van der Waals surface area contributed by atoms with Crippen LogP contribution in [0.3, 0.4) is 0 Å². The van der Waals surface area contributed by atoms with Crippen LogP contribution in [0.25, 0.3) is 0 Å². The molecule has 1 N–H and O–H groups in total. The molecule has 0 aromatic heterocycles. The quantitative estimate of drug-likeness (QED) is 0.851. The first-order chi connectivity index (χ1) is 8.57. The van der Waals surface area contributed by atoms with Gasteiger partial charge < -0.3 is 5.32 Å². The topological polar surface area (TPSA) is 29.1 Å². The Bertz CT molecular complexity index is 423. The third-order valence-corrected chi connectivity index (χ3v) is 3.68. The smallest absolute Gasteiger partial charge is 0.223 e. The van der Waals surface area contributed by atoms with Crippen molar-refractivity contribution in [3.8, 4) is 0 Å². The zero-order chi connectivity index (χ0) is 13.2. The molecule has 3 heteroatoms. The molecule has 1 aromatic rings. The number of rotatable bonds is 5. The highest BCUT2D eigenvalue weighted by Crippen LogP contribution is 2.45. The summed E-state index contributed by atoms with van der Waals surface area (Å²) >= 11 is 0. The van der Waals surface area contributed by atoms with E-state index in [4.69, 9.17) is 0 Å². The molecule has 0 heterocycles. The van der Waals surface area contributed by atoms with Gasteiger partial charge in [0.25, 0.3) is 0 Å². The van der Waals surface area contributed by atoms with Gasteiger partial charge in [0.1, 0.15) is 5.82 Å². The molecule has 1 aromatic carbocycles. The first-order valence-electron chi connectivity index (χ1n) is 6.65. The van der Waals surface area contributed by atoms with Crippen LogP contribution in [0.2, 0.25) is 0 Å². The molecule has 1 aliphatic rings. The molecule has 0 aliphatic heterocycles. The van der Waals surface area contributed by atoms with E-state index in [0.717, 1.165) is 31.2 Å². The van der Waals surface area contributed by atoms with Crippen molar-refractivity contribution in [2.24, 2.45) is 5.92 Å². The lowest BCUT2D eigenvalue weighted by Crippen LogP contribution is -2.38. The molecule has 1 unspecified atom stereocenters. The standard InChI is InChI=1S/C15H20FNO/c1-3-4-11(2)14(18)17-15(9-10-15)12-5-7-13(16)8-6-12/h5-8,11H,3-4,9-10H2,1-2H3,(H,17,18). The number of nitrogens with one attached hydrogen (secondary N) is 1. The van der Waals surface area contributed by atoms with Gasteiger partial charge in [0.15, 0.2) is 0 Å². The molecule has 1 saturated carbocycles. The van der Waals surface area contributed by atoms with Gasteiger partial charge in [0.2, 0.25) is 5.91 Å². The average Bonchev–Trinajstić information content (AvgIpc) is 3.11. The van der Waals surface area contributed by atoms with Crippen LogP contribution in [-0.2, 0) is 10.3 Å². The number of halogens is 1. The molecule has 1 fully saturated rings. The van der Waals surface area contributed by atoms with Gasteiger partial charge in [0.05, 0.1) is 5.54 Å². The number of hydrogen-bond acceptors (Lipinski definition) is 1. The summed E-state index contributed by atoms with van der Waals surface area (Å²) in [6.45, 7) is 4.04. The first kappa shape index (κ1) is 13.1. The fraction of sp³-hybridized carbons (Fsp3) is 0.533. The molecular weight excluding hydrogens is 229 g/mol. The van der Waals surface area contributed by atoms with Crippen molar-refractivity contribution < 1.29 is 9.18 Å². The van der Waals surface area contributed by atoms with Crippen molar-refractivity contribution in [2.75, 3.05) is 0 Å². The fourth-order valence-electron chi connectivity index (χ4n) is 2.30. The van der Waals surface area contributed by atoms with Crippen LogP contribution >= 0.6 is 0 Å². The summed E-state index contributed by atoms with van der Waals surface area (Å²) in [7, 11) is 0. The number of amides is 1. The van der Waals surface area contributed by atoms with E-state index in [9.17, 15) is 9.18 Å². The highest BCUT2D eigenvalue weighted by atomic mass is 19.1. The zero-order valence-electron chi connectivity index (χ0n) is 11.0. The number of benzene rings is 1. The van der Waals surface area contributed by atoms with Gasteiger partial charge in [-0.1, -0.05) is 32.4 Å². The Morgan fingerprint density at radius 2 is 2.00 bits per heavy atom. The minimum atomic E-state index is -0.236. The van der Waals surface area contributed by atoms with Crippen molar-refractivity contribution >= 4 is 5.91 Å². The summed E-state index contributed by atoms with van der Waals surface area (Å²) < 4.78 is 12.9. The first-order valence-corrected chi connectivity index (χ1v) is 6.65. The maximum absolute atomic E-state index is 12.9. The zero-order valence-corrected chi connectivity index (χ0v) is 11.0. The molecular formula is C15H20FNO. The van der Waals surface area contributed by atoms with Crippen LogP contribution in [0, 0.1) is 11.7 Å². The molecule has 0 saturated heterocycles. The number of carbonyl (C=O) groups excluding carboxylic acids is 1. The van der Waals surface area contributed by atoms with Crippen LogP contribution in [0.4, 0.5) is 4.39 Å². The number of hydrogen-bond donors (Lipinski definition) is 1. The molecule has 1 atom stereocenters. The summed E-state index contributed by atoms with van der Waals surface area (Å²) in [5.41, 5.74) is 0.785. The van der Waals surface area contributed by atoms with Crippen molar-refractivity contribution in [2.45, 2.75) is 45.1 Å². The second-order valence-corrected chi connectivity index (χ2v) is 5.27. The predicted octanol–water partition coefficient (Wildman–Crippen LogP) is 3.37. The van der Waals surface area contributed by atoms with E-state index in [1.54, 1.807) is 12.1 Å². The summed E-state index contributed by atoms with van der Waals surface area (Å²) in [5, 5.41) is 3.13. The van der Waals surface area contributed by atoms with Gasteiger partial charge in [-0.3, -0.25) is 4.79 Å². The van der Waals surface area contributed by atoms with Crippen LogP contribution in [0.15, 0.2) is 24.3 Å². The van der Waals surface area contributed by atoms with E-state index in [1.165, 1.54) is 12.1 Å². The molecule has 1 amide bonds. The SMILES string of the molecule is CCCC(C)C(=O)NC1(c2ccc(F)cc2)CC1. The van der Waals surface area contributed by atoms with Gasteiger partial charge in [-0.05, 0) is 37.0 Å². The van der Waals surface area contributed by atoms with Gasteiger partial charge in [-0.25, -0.2) is 4.39 Å². The van der Waals surface area contributed by atoms with Crippen molar-refractivity contribution in [1.29, 1.82) is 0 Å². The molecule has 1 aliphatic carbocycles. The molecule has 98 valence electrons. The maximum atomic E-state index is 12.9. The van der Waals surface area contributed by atoms with Crippen LogP contribution in [-0.4, -0.2) is 5.91 Å². The predicted molar refractivity (Wildman–Crippen MR) is 69.5 cm³/mol. The second-order valence-electron chi connectivity index (χ2n) is 5.27. The lowest BCUT2D eigenvalue weighted by Gasteiger charge is -2.20. The third kappa shape index (κ3) is 2.71. The van der Waals surface area contributed by atoms with Crippen molar-refractivity contribution in [1.82, 2.24) is 5.32 Å². The molecule has 2 rings (SSSR count). The second kappa shape index (κ2) is 5.09. The molecule has 2 nitrogen and oxygen atoms in total. The van der Waals surface area contributed by atoms with Crippen molar-refractivity contribution in [3.05, 3.63) is 35.6 Å². The van der Waals surface area contributed by atoms with Gasteiger partial charge in [-0.15, -0.1) is 0 Å². The minimum absolute atomic E-state index is 0.0490. The lowest BCUT2D eigenvalue weighted by atomic mass is 10.0. The Morgan fingerprint density at radius 3 is 2.50 bits per heavy atom. The molecule has 0 spiro atoms. The van der Waals surface area contributed by atoms with Gasteiger partial charge in [-0.2, -0.15) is 0 Å². The van der Waals surface area contributed by atoms with E-state index in [1.807, 2.05) is 6.92 Å². The Balaban J connectivity index is 2.04. The van der Waals surface area contributed by atoms with E-state index >= 15 is 0 Å². The monoisotopic (exact) mass is 249 g/mol. The van der Waals surface area contributed by atoms with Gasteiger partial charge >= 0.3 is 0 Å². The minimum Gasteiger partial charge on any atom is -0.346 e. The highest BCUT2D eigenvalue weighted by molar-refractivity contribution is 5.79. The maximum Gasteiger partial charge on any atom is 0.223 e. The molecule has 0 radical (unpaired) electrons. The highest BCUT2D eigenvalue weighted by Gasteiger charge is 2.45. The van der Waals surface area contributed by atoms with Crippen LogP contribution in [0.1, 0.15) is 45.1 Å². The van der Waals surface area contributed by atoms with Gasteiger partial charge in [0, 0.05) is 5.92 Å². The average molecular weight is 249 g/mol. The van der Waals surface area contributed by atoms with Crippen LogP contribution in [0.5, 0.6) is 0 Å². The summed E-state index contributed by atoms with van der Waals surface area (Å²) in [5.74, 6) is -0.0770. The third-order valence-electron chi connectivity index (χ3n) is 3.68.